The lowest BCUT2D eigenvalue weighted by Crippen LogP contribution is -2.58. The SMILES string of the molecule is COc1cccc2c1OC1(CCN(C)CC1)N1N=C(c3ccccc3Cl)C[C@H]21. The zero-order valence-electron chi connectivity index (χ0n) is 16.2. The molecule has 1 atom stereocenters. The van der Waals surface area contributed by atoms with E-state index in [0.29, 0.717) is 0 Å². The van der Waals surface area contributed by atoms with E-state index in [-0.39, 0.29) is 6.04 Å². The van der Waals surface area contributed by atoms with Gasteiger partial charge >= 0.3 is 0 Å². The smallest absolute Gasteiger partial charge is 0.200 e. The Bertz CT molecular complexity index is 937. The van der Waals surface area contributed by atoms with Gasteiger partial charge in [0.15, 0.2) is 11.5 Å². The van der Waals surface area contributed by atoms with Gasteiger partial charge in [-0.2, -0.15) is 5.10 Å². The van der Waals surface area contributed by atoms with Crippen LogP contribution in [-0.2, 0) is 0 Å². The Kier molecular flexibility index (Phi) is 4.25. The van der Waals surface area contributed by atoms with Gasteiger partial charge in [0.2, 0.25) is 5.72 Å². The van der Waals surface area contributed by atoms with Crippen LogP contribution in [0.25, 0.3) is 0 Å². The van der Waals surface area contributed by atoms with Gasteiger partial charge in [0, 0.05) is 48.5 Å². The summed E-state index contributed by atoms with van der Waals surface area (Å²) in [6.07, 6.45) is 2.61. The topological polar surface area (TPSA) is 37.3 Å². The molecule has 0 unspecified atom stereocenters. The predicted molar refractivity (Wildman–Crippen MR) is 110 cm³/mol. The molecule has 5 nitrogen and oxygen atoms in total. The average Bonchev–Trinajstić information content (AvgIpc) is 3.17. The second kappa shape index (κ2) is 6.68. The molecule has 0 bridgehead atoms. The van der Waals surface area contributed by atoms with E-state index in [1.54, 1.807) is 7.11 Å². The number of piperidine rings is 1. The van der Waals surface area contributed by atoms with Gasteiger partial charge in [0.1, 0.15) is 0 Å². The van der Waals surface area contributed by atoms with Crippen molar-refractivity contribution in [2.24, 2.45) is 5.10 Å². The number of benzene rings is 2. The quantitative estimate of drug-likeness (QED) is 0.756. The van der Waals surface area contributed by atoms with Gasteiger partial charge in [0.05, 0.1) is 18.9 Å². The summed E-state index contributed by atoms with van der Waals surface area (Å²) in [7, 11) is 3.86. The number of fused-ring (bicyclic) bond motifs is 4. The van der Waals surface area contributed by atoms with Crippen molar-refractivity contribution in [2.75, 3.05) is 27.2 Å². The van der Waals surface area contributed by atoms with Crippen LogP contribution < -0.4 is 9.47 Å². The number of likely N-dealkylation sites (tertiary alicyclic amines) is 1. The number of hydrogen-bond acceptors (Lipinski definition) is 5. The number of hydrazone groups is 1. The molecule has 3 aliphatic rings. The van der Waals surface area contributed by atoms with E-state index in [0.717, 1.165) is 65.7 Å². The maximum Gasteiger partial charge on any atom is 0.200 e. The largest absolute Gasteiger partial charge is 0.493 e. The van der Waals surface area contributed by atoms with Crippen molar-refractivity contribution in [3.8, 4) is 11.5 Å². The highest BCUT2D eigenvalue weighted by Gasteiger charge is 2.52. The van der Waals surface area contributed by atoms with E-state index in [1.807, 2.05) is 36.4 Å². The fourth-order valence-electron chi connectivity index (χ4n) is 4.59. The molecule has 0 radical (unpaired) electrons. The molecule has 2 aromatic rings. The minimum Gasteiger partial charge on any atom is -0.493 e. The zero-order chi connectivity index (χ0) is 19.3. The van der Waals surface area contributed by atoms with Crippen molar-refractivity contribution < 1.29 is 9.47 Å². The van der Waals surface area contributed by atoms with E-state index >= 15 is 0 Å². The number of rotatable bonds is 2. The number of hydrogen-bond donors (Lipinski definition) is 0. The molecule has 0 aromatic heterocycles. The summed E-state index contributed by atoms with van der Waals surface area (Å²) in [5.74, 6) is 1.66. The predicted octanol–water partition coefficient (Wildman–Crippen LogP) is 4.31. The molecule has 3 heterocycles. The summed E-state index contributed by atoms with van der Waals surface area (Å²) >= 11 is 6.49. The van der Waals surface area contributed by atoms with E-state index in [2.05, 4.69) is 23.0 Å². The average molecular weight is 398 g/mol. The highest BCUT2D eigenvalue weighted by molar-refractivity contribution is 6.34. The fraction of sp³-hybridized carbons (Fsp3) is 0.409. The summed E-state index contributed by atoms with van der Waals surface area (Å²) < 4.78 is 12.3. The lowest BCUT2D eigenvalue weighted by Gasteiger charge is -2.50. The lowest BCUT2D eigenvalue weighted by atomic mass is 9.90. The first kappa shape index (κ1) is 17.8. The standard InChI is InChI=1S/C22H24ClN3O2/c1-25-12-10-22(11-13-25)26-19(16-7-5-9-20(27-2)21(16)28-22)14-18(24-26)15-6-3-4-8-17(15)23/h3-9,19H,10-14H2,1-2H3/t19-/m1/s1. The Morgan fingerprint density at radius 1 is 1.14 bits per heavy atom. The molecule has 0 saturated carbocycles. The Morgan fingerprint density at radius 2 is 1.93 bits per heavy atom. The van der Waals surface area contributed by atoms with Crippen molar-refractivity contribution in [3.63, 3.8) is 0 Å². The number of ether oxygens (including phenoxy) is 2. The summed E-state index contributed by atoms with van der Waals surface area (Å²) in [4.78, 5) is 2.34. The second-order valence-electron chi connectivity index (χ2n) is 7.82. The van der Waals surface area contributed by atoms with Crippen LogP contribution in [-0.4, -0.2) is 48.6 Å². The molecular weight excluding hydrogens is 374 g/mol. The number of nitrogens with zero attached hydrogens (tertiary/aromatic N) is 3. The molecule has 1 saturated heterocycles. The Balaban J connectivity index is 1.62. The van der Waals surface area contributed by atoms with Gasteiger partial charge in [-0.15, -0.1) is 0 Å². The molecule has 0 aliphatic carbocycles. The maximum atomic E-state index is 6.69. The Labute approximate surface area is 170 Å². The van der Waals surface area contributed by atoms with Crippen LogP contribution in [0.15, 0.2) is 47.6 Å². The van der Waals surface area contributed by atoms with Crippen molar-refractivity contribution >= 4 is 17.3 Å². The minimum absolute atomic E-state index is 0.133. The van der Waals surface area contributed by atoms with Crippen molar-refractivity contribution in [3.05, 3.63) is 58.6 Å². The van der Waals surface area contributed by atoms with Crippen molar-refractivity contribution in [1.82, 2.24) is 9.91 Å². The van der Waals surface area contributed by atoms with Gasteiger partial charge < -0.3 is 14.4 Å². The van der Waals surface area contributed by atoms with Crippen LogP contribution in [0.2, 0.25) is 5.02 Å². The van der Waals surface area contributed by atoms with Gasteiger partial charge in [-0.25, -0.2) is 5.01 Å². The minimum atomic E-state index is -0.443. The van der Waals surface area contributed by atoms with Crippen molar-refractivity contribution in [2.45, 2.75) is 31.0 Å². The summed E-state index contributed by atoms with van der Waals surface area (Å²) in [5.41, 5.74) is 2.72. The molecule has 3 aliphatic heterocycles. The lowest BCUT2D eigenvalue weighted by molar-refractivity contribution is -0.148. The van der Waals surface area contributed by atoms with Gasteiger partial charge in [-0.3, -0.25) is 0 Å². The normalized spacial score (nSPS) is 23.0. The van der Waals surface area contributed by atoms with E-state index in [4.69, 9.17) is 26.2 Å². The first-order chi connectivity index (χ1) is 13.6. The third kappa shape index (κ3) is 2.68. The molecule has 28 heavy (non-hydrogen) atoms. The molecule has 2 aromatic carbocycles. The Hall–Kier alpha value is -2.24. The summed E-state index contributed by atoms with van der Waals surface area (Å²) in [5, 5.41) is 8.03. The third-order valence-electron chi connectivity index (χ3n) is 6.16. The van der Waals surface area contributed by atoms with Gasteiger partial charge in [-0.05, 0) is 19.2 Å². The van der Waals surface area contributed by atoms with Crippen LogP contribution in [0, 0.1) is 0 Å². The molecule has 0 N–H and O–H groups in total. The highest BCUT2D eigenvalue weighted by atomic mass is 35.5. The first-order valence-corrected chi connectivity index (χ1v) is 10.2. The summed E-state index contributed by atoms with van der Waals surface area (Å²) in [6, 6.07) is 14.2. The number of methoxy groups -OCH3 is 1. The van der Waals surface area contributed by atoms with Crippen LogP contribution in [0.1, 0.15) is 36.4 Å². The van der Waals surface area contributed by atoms with Gasteiger partial charge in [-0.1, -0.05) is 41.9 Å². The molecule has 5 rings (SSSR count). The van der Waals surface area contributed by atoms with Crippen LogP contribution >= 0.6 is 11.6 Å². The first-order valence-electron chi connectivity index (χ1n) is 9.77. The van der Waals surface area contributed by atoms with Crippen LogP contribution in [0.4, 0.5) is 0 Å². The van der Waals surface area contributed by atoms with Crippen LogP contribution in [0.3, 0.4) is 0 Å². The summed E-state index contributed by atoms with van der Waals surface area (Å²) in [6.45, 7) is 1.95. The molecule has 0 amide bonds. The van der Waals surface area contributed by atoms with Gasteiger partial charge in [0.25, 0.3) is 0 Å². The second-order valence-corrected chi connectivity index (χ2v) is 8.23. The third-order valence-corrected chi connectivity index (χ3v) is 6.49. The molecule has 1 fully saturated rings. The fourth-order valence-corrected chi connectivity index (χ4v) is 4.83. The molecular formula is C22H24ClN3O2. The molecule has 1 spiro atoms. The van der Waals surface area contributed by atoms with E-state index < -0.39 is 5.72 Å². The Morgan fingerprint density at radius 3 is 2.68 bits per heavy atom. The van der Waals surface area contributed by atoms with E-state index in [9.17, 15) is 0 Å². The number of para-hydroxylation sites is 1. The monoisotopic (exact) mass is 397 g/mol. The molecule has 6 heteroatoms. The van der Waals surface area contributed by atoms with E-state index in [1.165, 1.54) is 0 Å². The van der Waals surface area contributed by atoms with Crippen LogP contribution in [0.5, 0.6) is 11.5 Å². The molecule has 146 valence electrons. The zero-order valence-corrected chi connectivity index (χ0v) is 16.9. The van der Waals surface area contributed by atoms with Crippen molar-refractivity contribution in [1.29, 1.82) is 0 Å². The highest BCUT2D eigenvalue weighted by Crippen LogP contribution is 2.52. The number of halogens is 1. The maximum absolute atomic E-state index is 6.69.